The summed E-state index contributed by atoms with van der Waals surface area (Å²) < 4.78 is 85.7. The largest absolute Gasteiger partial charge is 0.493 e. The van der Waals surface area contributed by atoms with Gasteiger partial charge in [0.05, 0.1) is 54.4 Å². The van der Waals surface area contributed by atoms with Crippen LogP contribution in [-0.4, -0.2) is 135 Å². The van der Waals surface area contributed by atoms with E-state index in [0.717, 1.165) is 4.57 Å². The summed E-state index contributed by atoms with van der Waals surface area (Å²) in [4.78, 5) is 34.2. The number of carbonyl (C=O) groups is 2. The SMILES string of the molecule is COc1ccc(C(=O)N(C)[C@@H]2CCN(c3ccc4c(c3F)N(C)[C@@H](C(C)C)C(=O)N[C@H](CO)C4)C2)cc1OCC#Cc1cc2c(N[C@@H]3CCN(C)C[C@@H]3F)cccc2n1CC(F)(F)F. The Bertz CT molecular complexity index is 2410. The van der Waals surface area contributed by atoms with Gasteiger partial charge in [-0.1, -0.05) is 31.9 Å². The van der Waals surface area contributed by atoms with Crippen LogP contribution in [0.3, 0.4) is 0 Å². The van der Waals surface area contributed by atoms with Crippen molar-refractivity contribution in [3.63, 3.8) is 0 Å². The van der Waals surface area contributed by atoms with Crippen molar-refractivity contribution in [2.75, 3.05) is 82.8 Å². The van der Waals surface area contributed by atoms with Crippen molar-refractivity contribution in [2.24, 2.45) is 5.92 Å². The normalized spacial score (nSPS) is 21.8. The van der Waals surface area contributed by atoms with Gasteiger partial charge < -0.3 is 49.4 Å². The van der Waals surface area contributed by atoms with E-state index >= 15 is 4.39 Å². The molecule has 4 heterocycles. The van der Waals surface area contributed by atoms with Crippen molar-refractivity contribution in [2.45, 2.75) is 76.2 Å². The second-order valence-corrected chi connectivity index (χ2v) is 17.3. The Labute approximate surface area is 370 Å². The highest BCUT2D eigenvalue weighted by atomic mass is 19.4. The molecule has 4 aromatic rings. The molecule has 344 valence electrons. The lowest BCUT2D eigenvalue weighted by Crippen LogP contribution is -2.54. The van der Waals surface area contributed by atoms with Crippen LogP contribution in [0.4, 0.5) is 39.0 Å². The lowest BCUT2D eigenvalue weighted by molar-refractivity contribution is -0.140. The fraction of sp³-hybridized carbons (Fsp3) is 0.489. The maximum Gasteiger partial charge on any atom is 0.406 e. The summed E-state index contributed by atoms with van der Waals surface area (Å²) in [7, 11) is 6.68. The van der Waals surface area contributed by atoms with Crippen molar-refractivity contribution >= 4 is 39.8 Å². The van der Waals surface area contributed by atoms with Gasteiger partial charge in [0, 0.05) is 56.9 Å². The predicted molar refractivity (Wildman–Crippen MR) is 237 cm³/mol. The van der Waals surface area contributed by atoms with Crippen molar-refractivity contribution in [3.8, 4) is 23.3 Å². The molecule has 0 aliphatic carbocycles. The van der Waals surface area contributed by atoms with Crippen LogP contribution in [0.25, 0.3) is 10.9 Å². The third-order valence-electron chi connectivity index (χ3n) is 12.6. The van der Waals surface area contributed by atoms with Crippen LogP contribution in [0.5, 0.6) is 11.5 Å². The van der Waals surface area contributed by atoms with E-state index in [1.54, 1.807) is 66.4 Å². The smallest absolute Gasteiger partial charge is 0.406 e. The van der Waals surface area contributed by atoms with Crippen LogP contribution in [0, 0.1) is 23.6 Å². The molecule has 0 spiro atoms. The number of methoxy groups -OCH3 is 1. The monoisotopic (exact) mass is 893 g/mol. The zero-order valence-corrected chi connectivity index (χ0v) is 36.9. The molecule has 12 nitrogen and oxygen atoms in total. The number of nitrogens with zero attached hydrogens (tertiary/aromatic N) is 5. The van der Waals surface area contributed by atoms with Crippen molar-refractivity contribution in [1.82, 2.24) is 19.7 Å². The third-order valence-corrected chi connectivity index (χ3v) is 12.6. The molecule has 1 aromatic heterocycles. The maximum absolute atomic E-state index is 16.7. The number of halogens is 5. The standard InChI is InChI=1S/C47H56F5N7O5/c1-28(2)43-45(61)53-31(26-60)21-29-12-14-39(42(49)44(29)57(43)5)58-19-16-33(24-58)56(4)46(62)30-13-15-40(63-6)41(22-30)64-20-8-9-32-23-34-36(54-37-17-18-55(3)25-35(37)48)10-7-11-38(34)59(32)27-47(50,51)52/h7,10-15,22-23,28,31,33,35,37,43,54,60H,16-21,24-27H2,1-6H3,(H,53,61)/t31-,33+,35-,37+,43-/m0/s1. The molecule has 3 aliphatic rings. The predicted octanol–water partition coefficient (Wildman–Crippen LogP) is 6.08. The van der Waals surface area contributed by atoms with E-state index in [9.17, 15) is 32.3 Å². The second kappa shape index (κ2) is 19.2. The van der Waals surface area contributed by atoms with Crippen LogP contribution in [-0.2, 0) is 17.8 Å². The van der Waals surface area contributed by atoms with Crippen molar-refractivity contribution in [3.05, 3.63) is 77.2 Å². The Balaban J connectivity index is 1.06. The summed E-state index contributed by atoms with van der Waals surface area (Å²) >= 11 is 0. The van der Waals surface area contributed by atoms with Gasteiger partial charge in [-0.25, -0.2) is 8.78 Å². The molecule has 3 aliphatic heterocycles. The van der Waals surface area contributed by atoms with Gasteiger partial charge in [-0.3, -0.25) is 9.59 Å². The number of rotatable bonds is 11. The van der Waals surface area contributed by atoms with Gasteiger partial charge in [-0.05, 0) is 86.2 Å². The summed E-state index contributed by atoms with van der Waals surface area (Å²) in [6, 6.07) is 12.8. The zero-order chi connectivity index (χ0) is 46.0. The summed E-state index contributed by atoms with van der Waals surface area (Å²) in [6.45, 7) is 3.75. The number of aliphatic hydroxyl groups excluding tert-OH is 1. The number of likely N-dealkylation sites (tertiary alicyclic amines) is 1. The number of benzene rings is 3. The van der Waals surface area contributed by atoms with Crippen LogP contribution in [0.1, 0.15) is 48.3 Å². The van der Waals surface area contributed by atoms with E-state index in [2.05, 4.69) is 22.5 Å². The highest BCUT2D eigenvalue weighted by Gasteiger charge is 2.37. The molecule has 0 saturated carbocycles. The average molecular weight is 894 g/mol. The Morgan fingerprint density at radius 2 is 1.84 bits per heavy atom. The van der Waals surface area contributed by atoms with E-state index in [-0.39, 0.29) is 61.4 Å². The van der Waals surface area contributed by atoms with Crippen LogP contribution >= 0.6 is 0 Å². The fourth-order valence-electron chi connectivity index (χ4n) is 9.25. The van der Waals surface area contributed by atoms with E-state index in [1.807, 2.05) is 36.8 Å². The average Bonchev–Trinajstić information content (AvgIpc) is 3.87. The molecule has 5 atom stereocenters. The molecule has 3 N–H and O–H groups in total. The number of carbonyl (C=O) groups excluding carboxylic acids is 2. The van der Waals surface area contributed by atoms with Crippen LogP contribution in [0.15, 0.2) is 54.6 Å². The lowest BCUT2D eigenvalue weighted by atomic mass is 9.94. The number of ether oxygens (including phenoxy) is 2. The van der Waals surface area contributed by atoms with Gasteiger partial charge in [-0.15, -0.1) is 0 Å². The molecule has 7 rings (SSSR count). The molecule has 3 aromatic carbocycles. The Hall–Kier alpha value is -5.73. The lowest BCUT2D eigenvalue weighted by Gasteiger charge is -2.38. The molecule has 2 amide bonds. The second-order valence-electron chi connectivity index (χ2n) is 17.3. The van der Waals surface area contributed by atoms with E-state index in [4.69, 9.17) is 9.47 Å². The molecule has 64 heavy (non-hydrogen) atoms. The van der Waals surface area contributed by atoms with Crippen molar-refractivity contribution in [1.29, 1.82) is 0 Å². The Kier molecular flexibility index (Phi) is 13.9. The van der Waals surface area contributed by atoms with Gasteiger partial charge in [0.1, 0.15) is 25.4 Å². The zero-order valence-electron chi connectivity index (χ0n) is 36.9. The number of piperidine rings is 1. The highest BCUT2D eigenvalue weighted by Crippen LogP contribution is 2.38. The number of anilines is 3. The fourth-order valence-corrected chi connectivity index (χ4v) is 9.25. The van der Waals surface area contributed by atoms with Gasteiger partial charge in [-0.2, -0.15) is 13.2 Å². The molecule has 0 radical (unpaired) electrons. The summed E-state index contributed by atoms with van der Waals surface area (Å²) in [6.07, 6.45) is -4.32. The van der Waals surface area contributed by atoms with Gasteiger partial charge in [0.25, 0.3) is 5.91 Å². The number of hydrogen-bond acceptors (Lipinski definition) is 9. The molecule has 2 fully saturated rings. The summed E-state index contributed by atoms with van der Waals surface area (Å²) in [5.74, 6) is 4.98. The van der Waals surface area contributed by atoms with E-state index in [0.29, 0.717) is 77.3 Å². The molecule has 0 unspecified atom stereocenters. The molecule has 2 saturated heterocycles. The highest BCUT2D eigenvalue weighted by molar-refractivity contribution is 5.95. The number of likely N-dealkylation sites (N-methyl/N-ethyl adjacent to an activating group) is 2. The first kappa shape index (κ1) is 46.3. The first-order chi connectivity index (χ1) is 30.5. The van der Waals surface area contributed by atoms with Crippen LogP contribution < -0.4 is 29.9 Å². The Morgan fingerprint density at radius 3 is 2.55 bits per heavy atom. The first-order valence-electron chi connectivity index (χ1n) is 21.5. The molecule has 0 bridgehead atoms. The number of hydrogen-bond donors (Lipinski definition) is 3. The summed E-state index contributed by atoms with van der Waals surface area (Å²) in [5.41, 5.74) is 2.57. The van der Waals surface area contributed by atoms with Gasteiger partial charge in [0.2, 0.25) is 5.91 Å². The number of alkyl halides is 4. The number of nitrogens with one attached hydrogen (secondary N) is 2. The third kappa shape index (κ3) is 9.83. The van der Waals surface area contributed by atoms with Gasteiger partial charge in [0.15, 0.2) is 17.3 Å². The summed E-state index contributed by atoms with van der Waals surface area (Å²) in [5, 5.41) is 16.6. The first-order valence-corrected chi connectivity index (χ1v) is 21.5. The van der Waals surface area contributed by atoms with Gasteiger partial charge >= 0.3 is 6.18 Å². The van der Waals surface area contributed by atoms with E-state index < -0.39 is 42.8 Å². The quantitative estimate of drug-likeness (QED) is 0.122. The van der Waals surface area contributed by atoms with Crippen molar-refractivity contribution < 1.29 is 46.1 Å². The minimum atomic E-state index is -4.54. The Morgan fingerprint density at radius 1 is 1.06 bits per heavy atom. The molecule has 17 heteroatoms. The number of aromatic nitrogens is 1. The molecular weight excluding hydrogens is 838 g/mol. The number of amides is 2. The minimum absolute atomic E-state index is 0.101. The van der Waals surface area contributed by atoms with Crippen LogP contribution in [0.2, 0.25) is 0 Å². The maximum atomic E-state index is 16.7. The number of aliphatic hydroxyl groups is 1. The number of fused-ring (bicyclic) bond motifs is 2. The minimum Gasteiger partial charge on any atom is -0.493 e. The van der Waals surface area contributed by atoms with E-state index in [1.165, 1.54) is 13.2 Å². The molecular formula is C47H56F5N7O5. The topological polar surface area (TPSA) is 115 Å².